The van der Waals surface area contributed by atoms with E-state index in [1.165, 1.54) is 0 Å². The number of aryl methyl sites for hydroxylation is 3. The molecule has 0 spiro atoms. The minimum absolute atomic E-state index is 0.0802. The van der Waals surface area contributed by atoms with Gasteiger partial charge in [-0.25, -0.2) is 4.79 Å². The van der Waals surface area contributed by atoms with Gasteiger partial charge in [0.1, 0.15) is 5.76 Å². The summed E-state index contributed by atoms with van der Waals surface area (Å²) in [5, 5.41) is 1.96. The van der Waals surface area contributed by atoms with Crippen molar-refractivity contribution in [1.82, 2.24) is 5.06 Å². The van der Waals surface area contributed by atoms with E-state index in [9.17, 15) is 9.59 Å². The molecule has 1 aliphatic carbocycles. The molecule has 1 heterocycles. The molecule has 2 aliphatic rings. The molecule has 6 heteroatoms. The lowest BCUT2D eigenvalue weighted by Crippen LogP contribution is -2.33. The van der Waals surface area contributed by atoms with Crippen LogP contribution in [0.3, 0.4) is 0 Å². The highest BCUT2D eigenvalue weighted by Gasteiger charge is 2.39. The number of rotatable bonds is 6. The van der Waals surface area contributed by atoms with Crippen LogP contribution in [0.15, 0.2) is 17.9 Å². The summed E-state index contributed by atoms with van der Waals surface area (Å²) in [4.78, 5) is 31.2. The van der Waals surface area contributed by atoms with E-state index in [4.69, 9.17) is 14.3 Å². The number of ether oxygens (including phenoxy) is 2. The molecule has 6 nitrogen and oxygen atoms in total. The van der Waals surface area contributed by atoms with Crippen LogP contribution < -0.4 is 0 Å². The van der Waals surface area contributed by atoms with Crippen LogP contribution in [0.25, 0.3) is 5.57 Å². The molecular formula is C25H35NO5. The summed E-state index contributed by atoms with van der Waals surface area (Å²) >= 11 is 0. The number of nitrogens with zero attached hydrogens (tertiary/aromatic N) is 1. The predicted octanol–water partition coefficient (Wildman–Crippen LogP) is 5.14. The zero-order valence-corrected chi connectivity index (χ0v) is 19.6. The molecule has 1 unspecified atom stereocenters. The first-order valence-corrected chi connectivity index (χ1v) is 11.2. The Morgan fingerprint density at radius 3 is 2.29 bits per heavy atom. The molecule has 0 bridgehead atoms. The van der Waals surface area contributed by atoms with Gasteiger partial charge in [-0.3, -0.25) is 4.79 Å². The molecule has 3 rings (SSSR count). The van der Waals surface area contributed by atoms with Crippen molar-refractivity contribution < 1.29 is 23.9 Å². The molecule has 1 aromatic carbocycles. The van der Waals surface area contributed by atoms with Crippen LogP contribution in [0.4, 0.5) is 4.79 Å². The minimum Gasteiger partial charge on any atom is -0.431 e. The van der Waals surface area contributed by atoms with E-state index in [2.05, 4.69) is 12.1 Å². The Labute approximate surface area is 185 Å². The number of allylic oxidation sites excluding steroid dienone is 2. The van der Waals surface area contributed by atoms with E-state index < -0.39 is 6.16 Å². The second-order valence-corrected chi connectivity index (χ2v) is 9.15. The largest absolute Gasteiger partial charge is 0.513 e. The number of hydrogen-bond acceptors (Lipinski definition) is 6. The van der Waals surface area contributed by atoms with Crippen molar-refractivity contribution in [2.75, 3.05) is 20.2 Å². The van der Waals surface area contributed by atoms with Crippen molar-refractivity contribution in [1.29, 1.82) is 0 Å². The Morgan fingerprint density at radius 2 is 1.74 bits per heavy atom. The highest BCUT2D eigenvalue weighted by atomic mass is 16.7. The van der Waals surface area contributed by atoms with Gasteiger partial charge in [0.2, 0.25) is 0 Å². The smallest absolute Gasteiger partial charge is 0.431 e. The van der Waals surface area contributed by atoms with Crippen molar-refractivity contribution in [2.24, 2.45) is 11.8 Å². The average Bonchev–Trinajstić information content (AvgIpc) is 2.96. The summed E-state index contributed by atoms with van der Waals surface area (Å²) in [6.45, 7) is 11.4. The van der Waals surface area contributed by atoms with Crippen LogP contribution in [0.2, 0.25) is 0 Å². The van der Waals surface area contributed by atoms with Gasteiger partial charge in [-0.2, -0.15) is 5.06 Å². The fraction of sp³-hybridized carbons (Fsp3) is 0.600. The van der Waals surface area contributed by atoms with Crippen molar-refractivity contribution >= 4 is 17.5 Å². The Balaban J connectivity index is 1.86. The second-order valence-electron chi connectivity index (χ2n) is 9.15. The van der Waals surface area contributed by atoms with Crippen molar-refractivity contribution in [2.45, 2.75) is 66.4 Å². The van der Waals surface area contributed by atoms with Crippen molar-refractivity contribution in [3.05, 3.63) is 40.1 Å². The molecule has 1 fully saturated rings. The second kappa shape index (κ2) is 9.96. The van der Waals surface area contributed by atoms with Gasteiger partial charge in [0.25, 0.3) is 0 Å². The quantitative estimate of drug-likeness (QED) is 0.584. The van der Waals surface area contributed by atoms with Crippen LogP contribution in [0.5, 0.6) is 0 Å². The zero-order valence-electron chi connectivity index (χ0n) is 19.6. The first kappa shape index (κ1) is 23.5. The highest BCUT2D eigenvalue weighted by Crippen LogP contribution is 2.42. The minimum atomic E-state index is -0.744. The molecule has 170 valence electrons. The number of hydroxylamine groups is 2. The fourth-order valence-electron chi connectivity index (χ4n) is 4.93. The van der Waals surface area contributed by atoms with Crippen molar-refractivity contribution in [3.63, 3.8) is 0 Å². The predicted molar refractivity (Wildman–Crippen MR) is 119 cm³/mol. The van der Waals surface area contributed by atoms with Gasteiger partial charge in [-0.15, -0.1) is 0 Å². The summed E-state index contributed by atoms with van der Waals surface area (Å²) in [6, 6.07) is 4.14. The summed E-state index contributed by atoms with van der Waals surface area (Å²) in [5.74, 6) is 0.821. The molecule has 31 heavy (non-hydrogen) atoms. The molecule has 1 aromatic rings. The van der Waals surface area contributed by atoms with Gasteiger partial charge < -0.3 is 14.3 Å². The number of piperidine rings is 1. The van der Waals surface area contributed by atoms with Gasteiger partial charge in [0.15, 0.2) is 5.78 Å². The number of Topliss-reactive ketones (excluding diaryl/α,β-unsaturated/α-hetero) is 1. The van der Waals surface area contributed by atoms with E-state index in [-0.39, 0.29) is 17.8 Å². The summed E-state index contributed by atoms with van der Waals surface area (Å²) in [5.41, 5.74) is 4.63. The molecule has 1 aliphatic heterocycles. The Bertz CT molecular complexity index is 842. The van der Waals surface area contributed by atoms with E-state index in [0.717, 1.165) is 54.6 Å². The maximum atomic E-state index is 13.6. The number of benzene rings is 1. The first-order chi connectivity index (χ1) is 14.7. The first-order valence-electron chi connectivity index (χ1n) is 11.2. The number of carbonyl (C=O) groups is 2. The normalized spacial score (nSPS) is 20.6. The Kier molecular flexibility index (Phi) is 7.55. The summed E-state index contributed by atoms with van der Waals surface area (Å²) in [6.07, 6.45) is 2.22. The molecule has 0 aromatic heterocycles. The Morgan fingerprint density at radius 1 is 1.13 bits per heavy atom. The van der Waals surface area contributed by atoms with Crippen LogP contribution >= 0.6 is 0 Å². The van der Waals surface area contributed by atoms with Gasteiger partial charge in [-0.05, 0) is 76.5 Å². The van der Waals surface area contributed by atoms with Crippen LogP contribution in [-0.4, -0.2) is 43.3 Å². The lowest BCUT2D eigenvalue weighted by Gasteiger charge is -2.31. The van der Waals surface area contributed by atoms with E-state index >= 15 is 0 Å². The van der Waals surface area contributed by atoms with Crippen LogP contribution in [0, 0.1) is 32.6 Å². The lowest BCUT2D eigenvalue weighted by atomic mass is 9.84. The highest BCUT2D eigenvalue weighted by molar-refractivity contribution is 6.25. The topological polar surface area (TPSA) is 65.1 Å². The number of hydrogen-bond donors (Lipinski definition) is 0. The zero-order chi connectivity index (χ0) is 22.7. The molecule has 0 N–H and O–H groups in total. The van der Waals surface area contributed by atoms with Gasteiger partial charge in [0, 0.05) is 25.4 Å². The molecule has 0 radical (unpaired) electrons. The van der Waals surface area contributed by atoms with E-state index in [0.29, 0.717) is 23.7 Å². The standard InChI is InChI=1S/C25H35NO5/c1-15(2)30-25(28)31-21-14-20(13-19-7-9-26(29-6)10-8-19)24(27)23(21)22-17(4)11-16(3)12-18(22)5/h11-12,15,19-20H,7-10,13-14H2,1-6H3. The summed E-state index contributed by atoms with van der Waals surface area (Å²) < 4.78 is 10.8. The van der Waals surface area contributed by atoms with E-state index in [1.807, 2.05) is 25.8 Å². The lowest BCUT2D eigenvalue weighted by molar-refractivity contribution is -0.149. The van der Waals surface area contributed by atoms with Crippen LogP contribution in [-0.2, 0) is 19.1 Å². The average molecular weight is 430 g/mol. The SMILES string of the molecule is CON1CCC(CC2CC(OC(=O)OC(C)C)=C(c3c(C)cc(C)cc3C)C2=O)CC1. The third kappa shape index (κ3) is 5.55. The van der Waals surface area contributed by atoms with Gasteiger partial charge in [0.05, 0.1) is 18.8 Å². The number of carbonyl (C=O) groups excluding carboxylic acids is 2. The fourth-order valence-corrected chi connectivity index (χ4v) is 4.93. The monoisotopic (exact) mass is 429 g/mol. The maximum absolute atomic E-state index is 13.6. The Hall–Kier alpha value is -2.18. The third-order valence-corrected chi connectivity index (χ3v) is 6.24. The molecule has 0 amide bonds. The molecule has 0 saturated carbocycles. The maximum Gasteiger partial charge on any atom is 0.513 e. The number of ketones is 1. The van der Waals surface area contributed by atoms with Crippen LogP contribution in [0.1, 0.15) is 61.8 Å². The van der Waals surface area contributed by atoms with E-state index in [1.54, 1.807) is 21.0 Å². The van der Waals surface area contributed by atoms with Crippen molar-refractivity contribution in [3.8, 4) is 0 Å². The molecule has 1 atom stereocenters. The summed E-state index contributed by atoms with van der Waals surface area (Å²) in [7, 11) is 1.70. The van der Waals surface area contributed by atoms with Gasteiger partial charge in [-0.1, -0.05) is 17.7 Å². The third-order valence-electron chi connectivity index (χ3n) is 6.24. The van der Waals surface area contributed by atoms with Gasteiger partial charge >= 0.3 is 6.16 Å². The molecular weight excluding hydrogens is 394 g/mol. The molecule has 1 saturated heterocycles.